The molecule has 0 heterocycles. The maximum absolute atomic E-state index is 10.9. The molecular formula is C15H31NO6. The van der Waals surface area contributed by atoms with Gasteiger partial charge >= 0.3 is 0 Å². The molecule has 132 valence electrons. The Labute approximate surface area is 133 Å². The zero-order valence-corrected chi connectivity index (χ0v) is 13.9. The smallest absolute Gasteiger partial charge is 0.219 e. The highest BCUT2D eigenvalue weighted by Gasteiger charge is 1.95. The quantitative estimate of drug-likeness (QED) is 0.396. The maximum Gasteiger partial charge on any atom is 0.219 e. The molecule has 0 fully saturated rings. The summed E-state index contributed by atoms with van der Waals surface area (Å²) < 4.78 is 26.4. The highest BCUT2D eigenvalue weighted by Crippen LogP contribution is 1.83. The van der Waals surface area contributed by atoms with Crippen LogP contribution in [0.1, 0.15) is 20.3 Å². The van der Waals surface area contributed by atoms with Gasteiger partial charge in [0.1, 0.15) is 0 Å². The second-order valence-electron chi connectivity index (χ2n) is 4.35. The first kappa shape index (κ1) is 21.3. The molecular weight excluding hydrogens is 290 g/mol. The van der Waals surface area contributed by atoms with Crippen molar-refractivity contribution in [2.75, 3.05) is 72.6 Å². The Kier molecular flexibility index (Phi) is 17.7. The molecule has 0 atom stereocenters. The van der Waals surface area contributed by atoms with Crippen molar-refractivity contribution in [2.45, 2.75) is 20.3 Å². The first-order chi connectivity index (χ1) is 10.8. The first-order valence-corrected chi connectivity index (χ1v) is 7.96. The number of hydrogen-bond donors (Lipinski definition) is 1. The Morgan fingerprint density at radius 2 is 1.09 bits per heavy atom. The minimum atomic E-state index is 0.0406. The molecule has 0 aliphatic heterocycles. The van der Waals surface area contributed by atoms with Crippen molar-refractivity contribution in [3.63, 3.8) is 0 Å². The molecule has 7 nitrogen and oxygen atoms in total. The lowest BCUT2D eigenvalue weighted by atomic mass is 10.4. The zero-order valence-electron chi connectivity index (χ0n) is 13.9. The van der Waals surface area contributed by atoms with Gasteiger partial charge in [-0.15, -0.1) is 0 Å². The summed E-state index contributed by atoms with van der Waals surface area (Å²) in [5.41, 5.74) is 0. The fourth-order valence-corrected chi connectivity index (χ4v) is 1.41. The molecule has 0 aromatic carbocycles. The van der Waals surface area contributed by atoms with Gasteiger partial charge in [-0.05, 0) is 6.92 Å². The van der Waals surface area contributed by atoms with Crippen molar-refractivity contribution < 1.29 is 28.5 Å². The molecule has 0 saturated heterocycles. The van der Waals surface area contributed by atoms with Crippen LogP contribution in [0.25, 0.3) is 0 Å². The van der Waals surface area contributed by atoms with E-state index >= 15 is 0 Å². The third-order valence-electron chi connectivity index (χ3n) is 2.58. The minimum absolute atomic E-state index is 0.0406. The third kappa shape index (κ3) is 17.3. The number of amides is 1. The molecule has 0 radical (unpaired) electrons. The molecule has 0 aliphatic carbocycles. The van der Waals surface area contributed by atoms with E-state index < -0.39 is 0 Å². The molecule has 0 bridgehead atoms. The highest BCUT2D eigenvalue weighted by molar-refractivity contribution is 5.75. The summed E-state index contributed by atoms with van der Waals surface area (Å²) in [5, 5.41) is 2.73. The number of carbonyl (C=O) groups is 1. The predicted molar refractivity (Wildman–Crippen MR) is 83.1 cm³/mol. The van der Waals surface area contributed by atoms with Crippen LogP contribution in [-0.2, 0) is 28.5 Å². The van der Waals surface area contributed by atoms with Gasteiger partial charge in [-0.1, -0.05) is 6.92 Å². The molecule has 22 heavy (non-hydrogen) atoms. The Morgan fingerprint density at radius 1 is 0.682 bits per heavy atom. The second kappa shape index (κ2) is 18.3. The summed E-state index contributed by atoms with van der Waals surface area (Å²) >= 11 is 0. The molecule has 0 aliphatic rings. The van der Waals surface area contributed by atoms with Crippen molar-refractivity contribution in [3.8, 4) is 0 Å². The van der Waals surface area contributed by atoms with Crippen LogP contribution in [0.4, 0.5) is 0 Å². The summed E-state index contributed by atoms with van der Waals surface area (Å²) in [6.07, 6.45) is 0.501. The van der Waals surface area contributed by atoms with Gasteiger partial charge in [-0.25, -0.2) is 0 Å². The van der Waals surface area contributed by atoms with E-state index in [4.69, 9.17) is 23.7 Å². The van der Waals surface area contributed by atoms with Crippen LogP contribution in [-0.4, -0.2) is 78.5 Å². The molecule has 1 N–H and O–H groups in total. The van der Waals surface area contributed by atoms with E-state index in [0.29, 0.717) is 79.0 Å². The van der Waals surface area contributed by atoms with Crippen molar-refractivity contribution in [1.82, 2.24) is 5.32 Å². The van der Waals surface area contributed by atoms with Crippen LogP contribution < -0.4 is 5.32 Å². The maximum atomic E-state index is 10.9. The van der Waals surface area contributed by atoms with E-state index in [0.717, 1.165) is 0 Å². The fourth-order valence-electron chi connectivity index (χ4n) is 1.41. The lowest BCUT2D eigenvalue weighted by Gasteiger charge is -2.08. The molecule has 0 unspecified atom stereocenters. The Bertz CT molecular complexity index is 240. The summed E-state index contributed by atoms with van der Waals surface area (Å²) in [4.78, 5) is 10.9. The molecule has 0 spiro atoms. The summed E-state index contributed by atoms with van der Waals surface area (Å²) in [6.45, 7) is 10.0. The lowest BCUT2D eigenvalue weighted by molar-refractivity contribution is -0.121. The van der Waals surface area contributed by atoms with Gasteiger partial charge in [0.05, 0.1) is 59.5 Å². The number of rotatable bonds is 17. The van der Waals surface area contributed by atoms with Gasteiger partial charge in [0.25, 0.3) is 0 Å². The molecule has 0 saturated carbocycles. The van der Waals surface area contributed by atoms with Gasteiger partial charge in [-0.3, -0.25) is 4.79 Å². The van der Waals surface area contributed by atoms with Crippen LogP contribution in [0, 0.1) is 0 Å². The lowest BCUT2D eigenvalue weighted by Crippen LogP contribution is -2.26. The monoisotopic (exact) mass is 321 g/mol. The van der Waals surface area contributed by atoms with Crippen LogP contribution in [0.15, 0.2) is 0 Å². The van der Waals surface area contributed by atoms with Crippen LogP contribution in [0.3, 0.4) is 0 Å². The van der Waals surface area contributed by atoms with E-state index in [1.165, 1.54) is 0 Å². The standard InChI is InChI=1S/C15H31NO6/c1-3-15(17)16-5-6-19-9-10-21-13-14-22-12-11-20-8-7-18-4-2/h3-14H2,1-2H3,(H,16,17). The molecule has 1 amide bonds. The van der Waals surface area contributed by atoms with Crippen LogP contribution >= 0.6 is 0 Å². The molecule has 0 rings (SSSR count). The second-order valence-corrected chi connectivity index (χ2v) is 4.35. The van der Waals surface area contributed by atoms with Gasteiger partial charge in [0, 0.05) is 19.6 Å². The van der Waals surface area contributed by atoms with Crippen molar-refractivity contribution in [2.24, 2.45) is 0 Å². The fraction of sp³-hybridized carbons (Fsp3) is 0.933. The van der Waals surface area contributed by atoms with Crippen molar-refractivity contribution in [1.29, 1.82) is 0 Å². The summed E-state index contributed by atoms with van der Waals surface area (Å²) in [6, 6.07) is 0. The van der Waals surface area contributed by atoms with E-state index in [2.05, 4.69) is 5.32 Å². The molecule has 7 heteroatoms. The Balaban J connectivity index is 2.98. The largest absolute Gasteiger partial charge is 0.379 e. The van der Waals surface area contributed by atoms with Gasteiger partial charge in [0.15, 0.2) is 0 Å². The number of carbonyl (C=O) groups excluding carboxylic acids is 1. The Morgan fingerprint density at radius 3 is 1.50 bits per heavy atom. The van der Waals surface area contributed by atoms with E-state index in [1.807, 2.05) is 13.8 Å². The highest BCUT2D eigenvalue weighted by atomic mass is 16.6. The van der Waals surface area contributed by atoms with Crippen molar-refractivity contribution >= 4 is 5.91 Å². The topological polar surface area (TPSA) is 75.2 Å². The van der Waals surface area contributed by atoms with Gasteiger partial charge in [0.2, 0.25) is 5.91 Å². The van der Waals surface area contributed by atoms with Crippen LogP contribution in [0.5, 0.6) is 0 Å². The molecule has 0 aromatic rings. The number of ether oxygens (including phenoxy) is 5. The predicted octanol–water partition coefficient (Wildman–Crippen LogP) is 0.616. The van der Waals surface area contributed by atoms with Crippen LogP contribution in [0.2, 0.25) is 0 Å². The molecule has 0 aromatic heterocycles. The average Bonchev–Trinajstić information content (AvgIpc) is 2.54. The van der Waals surface area contributed by atoms with Gasteiger partial charge in [-0.2, -0.15) is 0 Å². The van der Waals surface area contributed by atoms with E-state index in [9.17, 15) is 4.79 Å². The number of hydrogen-bond acceptors (Lipinski definition) is 6. The minimum Gasteiger partial charge on any atom is -0.379 e. The van der Waals surface area contributed by atoms with E-state index in [1.54, 1.807) is 0 Å². The van der Waals surface area contributed by atoms with Gasteiger partial charge < -0.3 is 29.0 Å². The third-order valence-corrected chi connectivity index (χ3v) is 2.58. The van der Waals surface area contributed by atoms with Crippen molar-refractivity contribution in [3.05, 3.63) is 0 Å². The summed E-state index contributed by atoms with van der Waals surface area (Å²) in [7, 11) is 0. The van der Waals surface area contributed by atoms with E-state index in [-0.39, 0.29) is 5.91 Å². The zero-order chi connectivity index (χ0) is 16.3. The number of nitrogens with one attached hydrogen (secondary N) is 1. The summed E-state index contributed by atoms with van der Waals surface area (Å²) in [5.74, 6) is 0.0406. The Hall–Kier alpha value is -0.730. The first-order valence-electron chi connectivity index (χ1n) is 7.96. The normalized spacial score (nSPS) is 10.8. The SMILES string of the molecule is CCOCCOCCOCCOCCOCCNC(=O)CC. The average molecular weight is 321 g/mol.